The van der Waals surface area contributed by atoms with Crippen LogP contribution in [0.5, 0.6) is 0 Å². The third-order valence-corrected chi connectivity index (χ3v) is 2.22. The largest absolute Gasteiger partial charge is 0.475 e. The van der Waals surface area contributed by atoms with Crippen molar-refractivity contribution in [1.82, 2.24) is 0 Å². The summed E-state index contributed by atoms with van der Waals surface area (Å²) in [7, 11) is 0. The van der Waals surface area contributed by atoms with E-state index in [9.17, 15) is 9.59 Å². The molecule has 4 nitrogen and oxygen atoms in total. The molecule has 0 saturated heterocycles. The lowest BCUT2D eigenvalue weighted by Crippen LogP contribution is -2.12. The third-order valence-electron chi connectivity index (χ3n) is 2.22. The van der Waals surface area contributed by atoms with Crippen LogP contribution >= 0.6 is 0 Å². The van der Waals surface area contributed by atoms with Gasteiger partial charge in [0.15, 0.2) is 0 Å². The Kier molecular flexibility index (Phi) is 2.04. The van der Waals surface area contributed by atoms with Crippen LogP contribution in [-0.2, 0) is 4.79 Å². The number of fused-ring (bicyclic) bond motifs is 1. The summed E-state index contributed by atoms with van der Waals surface area (Å²) in [5.41, 5.74) is 1.69. The highest BCUT2D eigenvalue weighted by Gasteiger charge is 2.15. The number of carbonyl (C=O) groups is 2. The summed E-state index contributed by atoms with van der Waals surface area (Å²) in [6.07, 6.45) is 1.57. The molecule has 0 atom stereocenters. The zero-order chi connectivity index (χ0) is 11.0. The van der Waals surface area contributed by atoms with Crippen LogP contribution in [0.3, 0.4) is 0 Å². The minimum atomic E-state index is -1.45. The van der Waals surface area contributed by atoms with Crippen LogP contribution in [0.4, 0.5) is 0 Å². The van der Waals surface area contributed by atoms with Crippen LogP contribution in [0.1, 0.15) is 15.9 Å². The molecule has 0 aliphatic carbocycles. The minimum absolute atomic E-state index is 0.166. The van der Waals surface area contributed by atoms with Crippen molar-refractivity contribution in [1.29, 1.82) is 0 Å². The number of hydrogen-bond acceptors (Lipinski definition) is 3. The fourth-order valence-corrected chi connectivity index (χ4v) is 1.42. The molecule has 1 N–H and O–H groups in total. The lowest BCUT2D eigenvalue weighted by atomic mass is 10.1. The van der Waals surface area contributed by atoms with Gasteiger partial charge in [0.05, 0.1) is 6.26 Å². The molecule has 0 fully saturated rings. The van der Waals surface area contributed by atoms with Gasteiger partial charge in [-0.3, -0.25) is 4.79 Å². The summed E-state index contributed by atoms with van der Waals surface area (Å²) in [4.78, 5) is 21.7. The monoisotopic (exact) mass is 204 g/mol. The molecule has 1 aromatic carbocycles. The predicted octanol–water partition coefficient (Wildman–Crippen LogP) is 2.01. The van der Waals surface area contributed by atoms with Gasteiger partial charge in [-0.2, -0.15) is 0 Å². The average molecular weight is 204 g/mol. The molecule has 2 aromatic rings. The molecule has 0 bridgehead atoms. The molecule has 0 aliphatic rings. The normalized spacial score (nSPS) is 10.5. The number of ketones is 1. The smallest absolute Gasteiger partial charge is 0.377 e. The van der Waals surface area contributed by atoms with E-state index >= 15 is 0 Å². The molecule has 0 spiro atoms. The van der Waals surface area contributed by atoms with E-state index in [1.165, 1.54) is 12.1 Å². The Labute approximate surface area is 85.1 Å². The van der Waals surface area contributed by atoms with Gasteiger partial charge in [0, 0.05) is 10.9 Å². The van der Waals surface area contributed by atoms with E-state index in [1.807, 2.05) is 6.92 Å². The van der Waals surface area contributed by atoms with E-state index in [2.05, 4.69) is 0 Å². The second-order valence-corrected chi connectivity index (χ2v) is 3.26. The molecular weight excluding hydrogens is 196 g/mol. The van der Waals surface area contributed by atoms with Crippen molar-refractivity contribution in [2.24, 2.45) is 0 Å². The Morgan fingerprint density at radius 3 is 2.73 bits per heavy atom. The van der Waals surface area contributed by atoms with Crippen LogP contribution in [0, 0.1) is 6.92 Å². The number of benzene rings is 1. The number of carboxylic acid groups (broad SMARTS) is 1. The quantitative estimate of drug-likeness (QED) is 0.600. The Balaban J connectivity index is 2.59. The highest BCUT2D eigenvalue weighted by atomic mass is 16.4. The topological polar surface area (TPSA) is 67.5 Å². The Morgan fingerprint density at radius 1 is 1.33 bits per heavy atom. The van der Waals surface area contributed by atoms with Crippen molar-refractivity contribution in [3.63, 3.8) is 0 Å². The number of Topliss-reactive ketones (excluding diaryl/α,β-unsaturated/α-hetero) is 1. The molecule has 76 valence electrons. The van der Waals surface area contributed by atoms with Crippen molar-refractivity contribution in [3.8, 4) is 0 Å². The highest BCUT2D eigenvalue weighted by molar-refractivity contribution is 6.40. The highest BCUT2D eigenvalue weighted by Crippen LogP contribution is 2.21. The summed E-state index contributed by atoms with van der Waals surface area (Å²) in [5.74, 6) is -2.35. The number of carboxylic acids is 1. The maximum atomic E-state index is 11.2. The number of aliphatic carboxylic acids is 1. The number of carbonyl (C=O) groups excluding carboxylic acids is 1. The van der Waals surface area contributed by atoms with E-state index in [1.54, 1.807) is 12.3 Å². The van der Waals surface area contributed by atoms with Gasteiger partial charge in [0.2, 0.25) is 0 Å². The summed E-state index contributed by atoms with van der Waals surface area (Å²) >= 11 is 0. The zero-order valence-electron chi connectivity index (χ0n) is 7.98. The first-order valence-corrected chi connectivity index (χ1v) is 4.35. The fraction of sp³-hybridized carbons (Fsp3) is 0.0909. The van der Waals surface area contributed by atoms with Gasteiger partial charge in [-0.25, -0.2) is 4.79 Å². The molecular formula is C11H8O4. The lowest BCUT2D eigenvalue weighted by molar-refractivity contribution is -0.131. The number of furan rings is 1. The minimum Gasteiger partial charge on any atom is -0.475 e. The third kappa shape index (κ3) is 1.50. The molecule has 0 unspecified atom stereocenters. The first-order valence-electron chi connectivity index (χ1n) is 4.35. The van der Waals surface area contributed by atoms with Gasteiger partial charge in [0.25, 0.3) is 5.78 Å². The summed E-state index contributed by atoms with van der Waals surface area (Å²) in [6, 6.07) is 4.57. The van der Waals surface area contributed by atoms with Crippen LogP contribution in [-0.4, -0.2) is 16.9 Å². The maximum absolute atomic E-state index is 11.2. The second kappa shape index (κ2) is 3.24. The van der Waals surface area contributed by atoms with Crippen molar-refractivity contribution in [2.45, 2.75) is 6.92 Å². The molecule has 0 amide bonds. The van der Waals surface area contributed by atoms with E-state index in [4.69, 9.17) is 9.52 Å². The molecule has 2 rings (SSSR count). The van der Waals surface area contributed by atoms with Crippen LogP contribution < -0.4 is 0 Å². The molecule has 0 radical (unpaired) electrons. The van der Waals surface area contributed by atoms with E-state index in [0.717, 1.165) is 10.9 Å². The summed E-state index contributed by atoms with van der Waals surface area (Å²) in [6.45, 7) is 1.83. The maximum Gasteiger partial charge on any atom is 0.377 e. The molecule has 0 saturated carbocycles. The van der Waals surface area contributed by atoms with Crippen molar-refractivity contribution in [2.75, 3.05) is 0 Å². The Hall–Kier alpha value is -2.10. The van der Waals surface area contributed by atoms with Crippen molar-refractivity contribution in [3.05, 3.63) is 35.6 Å². The van der Waals surface area contributed by atoms with Gasteiger partial charge in [-0.15, -0.1) is 0 Å². The lowest BCUT2D eigenvalue weighted by Gasteiger charge is -1.96. The molecule has 1 aromatic heterocycles. The van der Waals surface area contributed by atoms with Gasteiger partial charge in [-0.05, 0) is 30.7 Å². The molecule has 15 heavy (non-hydrogen) atoms. The molecule has 1 heterocycles. The van der Waals surface area contributed by atoms with Gasteiger partial charge < -0.3 is 9.52 Å². The standard InChI is InChI=1S/C11H8O4/c1-6-5-15-9-3-2-7(4-8(6)9)10(12)11(13)14/h2-5H,1H3,(H,13,14). The average Bonchev–Trinajstić information content (AvgIpc) is 2.59. The number of hydrogen-bond donors (Lipinski definition) is 1. The zero-order valence-corrected chi connectivity index (χ0v) is 7.98. The Morgan fingerprint density at radius 2 is 2.07 bits per heavy atom. The van der Waals surface area contributed by atoms with Gasteiger partial charge in [-0.1, -0.05) is 0 Å². The van der Waals surface area contributed by atoms with Crippen molar-refractivity contribution < 1.29 is 19.1 Å². The van der Waals surface area contributed by atoms with Gasteiger partial charge >= 0.3 is 5.97 Å². The van der Waals surface area contributed by atoms with Crippen LogP contribution in [0.25, 0.3) is 11.0 Å². The molecule has 0 aliphatic heterocycles. The predicted molar refractivity (Wildman–Crippen MR) is 52.9 cm³/mol. The first-order chi connectivity index (χ1) is 7.09. The van der Waals surface area contributed by atoms with Crippen LogP contribution in [0.15, 0.2) is 28.9 Å². The van der Waals surface area contributed by atoms with Gasteiger partial charge in [0.1, 0.15) is 5.58 Å². The van der Waals surface area contributed by atoms with E-state index in [-0.39, 0.29) is 5.56 Å². The fourth-order valence-electron chi connectivity index (χ4n) is 1.42. The second-order valence-electron chi connectivity index (χ2n) is 3.26. The first kappa shape index (κ1) is 9.45. The molecule has 4 heteroatoms. The Bertz CT molecular complexity index is 551. The van der Waals surface area contributed by atoms with E-state index in [0.29, 0.717) is 5.58 Å². The number of aryl methyl sites for hydroxylation is 1. The summed E-state index contributed by atoms with van der Waals surface area (Å²) in [5, 5.41) is 9.32. The van der Waals surface area contributed by atoms with Crippen molar-refractivity contribution >= 4 is 22.7 Å². The summed E-state index contributed by atoms with van der Waals surface area (Å²) < 4.78 is 5.19. The van der Waals surface area contributed by atoms with Crippen LogP contribution in [0.2, 0.25) is 0 Å². The SMILES string of the molecule is Cc1coc2ccc(C(=O)C(=O)O)cc12. The number of rotatable bonds is 2. The van der Waals surface area contributed by atoms with E-state index < -0.39 is 11.8 Å².